The maximum Gasteiger partial charge on any atom is 0.161 e. The highest BCUT2D eigenvalue weighted by atomic mass is 16.5. The molecule has 0 bridgehead atoms. The Morgan fingerprint density at radius 1 is 1.26 bits per heavy atom. The molecule has 0 aliphatic carbocycles. The number of hydrogen-bond acceptors (Lipinski definition) is 5. The SMILES string of the molecule is COCc1cc(NC2CCCNC2)nc(-c2ccc(C)cc2)n1. The van der Waals surface area contributed by atoms with Crippen molar-refractivity contribution in [2.24, 2.45) is 0 Å². The highest BCUT2D eigenvalue weighted by molar-refractivity contribution is 5.58. The molecule has 1 unspecified atom stereocenters. The molecule has 1 aliphatic heterocycles. The molecule has 1 aliphatic rings. The van der Waals surface area contributed by atoms with Gasteiger partial charge < -0.3 is 15.4 Å². The molecule has 5 heteroatoms. The van der Waals surface area contributed by atoms with E-state index in [9.17, 15) is 0 Å². The van der Waals surface area contributed by atoms with Crippen LogP contribution in [0.25, 0.3) is 11.4 Å². The van der Waals surface area contributed by atoms with Crippen molar-refractivity contribution in [2.45, 2.75) is 32.4 Å². The summed E-state index contributed by atoms with van der Waals surface area (Å²) in [5.41, 5.74) is 3.15. The van der Waals surface area contributed by atoms with E-state index in [2.05, 4.69) is 46.8 Å². The molecule has 23 heavy (non-hydrogen) atoms. The van der Waals surface area contributed by atoms with E-state index in [0.29, 0.717) is 12.6 Å². The van der Waals surface area contributed by atoms with Gasteiger partial charge in [-0.1, -0.05) is 29.8 Å². The van der Waals surface area contributed by atoms with Crippen LogP contribution in [0.1, 0.15) is 24.1 Å². The lowest BCUT2D eigenvalue weighted by Gasteiger charge is -2.24. The summed E-state index contributed by atoms with van der Waals surface area (Å²) in [5.74, 6) is 1.61. The Hall–Kier alpha value is -1.98. The van der Waals surface area contributed by atoms with Gasteiger partial charge in [0.05, 0.1) is 12.3 Å². The minimum atomic E-state index is 0.417. The van der Waals surface area contributed by atoms with Gasteiger partial charge in [-0.05, 0) is 26.3 Å². The van der Waals surface area contributed by atoms with E-state index in [1.807, 2.05) is 6.07 Å². The summed E-state index contributed by atoms with van der Waals surface area (Å²) in [6, 6.07) is 10.7. The van der Waals surface area contributed by atoms with Crippen LogP contribution in [0.5, 0.6) is 0 Å². The van der Waals surface area contributed by atoms with E-state index < -0.39 is 0 Å². The maximum atomic E-state index is 5.25. The number of nitrogens with zero attached hydrogens (tertiary/aromatic N) is 2. The predicted molar refractivity (Wildman–Crippen MR) is 92.4 cm³/mol. The molecule has 0 radical (unpaired) electrons. The molecule has 2 N–H and O–H groups in total. The van der Waals surface area contributed by atoms with Crippen LogP contribution in [0.4, 0.5) is 5.82 Å². The lowest BCUT2D eigenvalue weighted by atomic mass is 10.1. The first-order valence-electron chi connectivity index (χ1n) is 8.16. The first-order valence-corrected chi connectivity index (χ1v) is 8.16. The van der Waals surface area contributed by atoms with Crippen molar-refractivity contribution in [3.63, 3.8) is 0 Å². The van der Waals surface area contributed by atoms with Crippen LogP contribution in [0.3, 0.4) is 0 Å². The van der Waals surface area contributed by atoms with Gasteiger partial charge in [0.15, 0.2) is 5.82 Å². The molecule has 0 saturated carbocycles. The van der Waals surface area contributed by atoms with Crippen LogP contribution < -0.4 is 10.6 Å². The fourth-order valence-electron chi connectivity index (χ4n) is 2.81. The van der Waals surface area contributed by atoms with E-state index >= 15 is 0 Å². The normalized spacial score (nSPS) is 17.9. The first-order chi connectivity index (χ1) is 11.2. The number of benzene rings is 1. The van der Waals surface area contributed by atoms with Gasteiger partial charge in [0.25, 0.3) is 0 Å². The number of piperidine rings is 1. The van der Waals surface area contributed by atoms with Crippen LogP contribution in [0, 0.1) is 6.92 Å². The zero-order chi connectivity index (χ0) is 16.1. The fraction of sp³-hybridized carbons (Fsp3) is 0.444. The van der Waals surface area contributed by atoms with Crippen LogP contribution in [-0.4, -0.2) is 36.2 Å². The standard InChI is InChI=1S/C18H24N4O/c1-13-5-7-14(8-6-13)18-21-16(12-23-2)10-17(22-18)20-15-4-3-9-19-11-15/h5-8,10,15,19H,3-4,9,11-12H2,1-2H3,(H,20,21,22). The Labute approximate surface area is 137 Å². The quantitative estimate of drug-likeness (QED) is 0.889. The Kier molecular flexibility index (Phi) is 5.20. The summed E-state index contributed by atoms with van der Waals surface area (Å²) >= 11 is 0. The van der Waals surface area contributed by atoms with E-state index in [1.165, 1.54) is 12.0 Å². The van der Waals surface area contributed by atoms with Gasteiger partial charge in [0.1, 0.15) is 5.82 Å². The average molecular weight is 312 g/mol. The van der Waals surface area contributed by atoms with Gasteiger partial charge in [-0.15, -0.1) is 0 Å². The lowest BCUT2D eigenvalue weighted by Crippen LogP contribution is -2.38. The van der Waals surface area contributed by atoms with Crippen LogP contribution in [0.2, 0.25) is 0 Å². The summed E-state index contributed by atoms with van der Waals surface area (Å²) in [6.45, 7) is 4.64. The van der Waals surface area contributed by atoms with E-state index in [4.69, 9.17) is 9.72 Å². The predicted octanol–water partition coefficient (Wildman–Crippen LogP) is 2.76. The number of methoxy groups -OCH3 is 1. The average Bonchev–Trinajstić information content (AvgIpc) is 2.56. The summed E-state index contributed by atoms with van der Waals surface area (Å²) in [5, 5.41) is 6.95. The second-order valence-electron chi connectivity index (χ2n) is 6.05. The van der Waals surface area contributed by atoms with Gasteiger partial charge in [-0.25, -0.2) is 9.97 Å². The van der Waals surface area contributed by atoms with Crippen molar-refractivity contribution in [2.75, 3.05) is 25.5 Å². The zero-order valence-corrected chi connectivity index (χ0v) is 13.8. The molecule has 1 saturated heterocycles. The molecule has 3 rings (SSSR count). The van der Waals surface area contributed by atoms with Crippen LogP contribution in [-0.2, 0) is 11.3 Å². The number of ether oxygens (including phenoxy) is 1. The van der Waals surface area contributed by atoms with Gasteiger partial charge in [-0.2, -0.15) is 0 Å². The Balaban J connectivity index is 1.87. The van der Waals surface area contributed by atoms with Gasteiger partial charge in [-0.3, -0.25) is 0 Å². The summed E-state index contributed by atoms with van der Waals surface area (Å²) < 4.78 is 5.25. The van der Waals surface area contributed by atoms with Gasteiger partial charge >= 0.3 is 0 Å². The summed E-state index contributed by atoms with van der Waals surface area (Å²) in [4.78, 5) is 9.33. The largest absolute Gasteiger partial charge is 0.378 e. The van der Waals surface area contributed by atoms with E-state index in [-0.39, 0.29) is 0 Å². The molecule has 1 fully saturated rings. The van der Waals surface area contributed by atoms with Crippen molar-refractivity contribution in [3.8, 4) is 11.4 Å². The van der Waals surface area contributed by atoms with Crippen LogP contribution in [0.15, 0.2) is 30.3 Å². The molecule has 1 aromatic carbocycles. The smallest absolute Gasteiger partial charge is 0.161 e. The van der Waals surface area contributed by atoms with E-state index in [0.717, 1.165) is 42.4 Å². The number of aryl methyl sites for hydroxylation is 1. The third kappa shape index (κ3) is 4.27. The van der Waals surface area contributed by atoms with Gasteiger partial charge in [0, 0.05) is 31.3 Å². The molecule has 2 aromatic rings. The van der Waals surface area contributed by atoms with Crippen molar-refractivity contribution in [3.05, 3.63) is 41.6 Å². The van der Waals surface area contributed by atoms with Crippen molar-refractivity contribution in [1.29, 1.82) is 0 Å². The third-order valence-electron chi connectivity index (χ3n) is 4.03. The second-order valence-corrected chi connectivity index (χ2v) is 6.05. The molecule has 1 atom stereocenters. The Bertz CT molecular complexity index is 636. The monoisotopic (exact) mass is 312 g/mol. The highest BCUT2D eigenvalue weighted by Gasteiger charge is 2.14. The first kappa shape index (κ1) is 15.9. The fourth-order valence-corrected chi connectivity index (χ4v) is 2.81. The Morgan fingerprint density at radius 2 is 2.09 bits per heavy atom. The third-order valence-corrected chi connectivity index (χ3v) is 4.03. The molecular formula is C18H24N4O. The van der Waals surface area contributed by atoms with Crippen LogP contribution >= 0.6 is 0 Å². The van der Waals surface area contributed by atoms with Crippen molar-refractivity contribution in [1.82, 2.24) is 15.3 Å². The molecular weight excluding hydrogens is 288 g/mol. The minimum absolute atomic E-state index is 0.417. The van der Waals surface area contributed by atoms with Gasteiger partial charge in [0.2, 0.25) is 0 Å². The molecule has 122 valence electrons. The number of nitrogens with one attached hydrogen (secondary N) is 2. The highest BCUT2D eigenvalue weighted by Crippen LogP contribution is 2.20. The number of hydrogen-bond donors (Lipinski definition) is 2. The van der Waals surface area contributed by atoms with E-state index in [1.54, 1.807) is 7.11 Å². The molecule has 0 amide bonds. The van der Waals surface area contributed by atoms with Crippen molar-refractivity contribution < 1.29 is 4.74 Å². The number of anilines is 1. The Morgan fingerprint density at radius 3 is 2.78 bits per heavy atom. The zero-order valence-electron chi connectivity index (χ0n) is 13.8. The number of rotatable bonds is 5. The summed E-state index contributed by atoms with van der Waals surface area (Å²) in [6.07, 6.45) is 2.36. The molecule has 0 spiro atoms. The second kappa shape index (κ2) is 7.53. The maximum absolute atomic E-state index is 5.25. The molecule has 1 aromatic heterocycles. The topological polar surface area (TPSA) is 59.1 Å². The summed E-state index contributed by atoms with van der Waals surface area (Å²) in [7, 11) is 1.69. The number of aromatic nitrogens is 2. The molecule has 2 heterocycles. The minimum Gasteiger partial charge on any atom is -0.378 e. The lowest BCUT2D eigenvalue weighted by molar-refractivity contribution is 0.181. The van der Waals surface area contributed by atoms with Crippen molar-refractivity contribution >= 4 is 5.82 Å². The molecule has 5 nitrogen and oxygen atoms in total.